The molecule has 1 fully saturated rings. The highest BCUT2D eigenvalue weighted by molar-refractivity contribution is 8.07. The lowest BCUT2D eigenvalue weighted by atomic mass is 9.95. The van der Waals surface area contributed by atoms with Crippen LogP contribution in [0.15, 0.2) is 59.5 Å². The molecule has 0 aliphatic carbocycles. The summed E-state index contributed by atoms with van der Waals surface area (Å²) >= 11 is 11.2. The van der Waals surface area contributed by atoms with Crippen LogP contribution in [0.5, 0.6) is 23.0 Å². The van der Waals surface area contributed by atoms with Crippen molar-refractivity contribution in [2.45, 2.75) is 30.3 Å². The number of nitrogen functional groups attached to an aromatic ring is 1. The lowest BCUT2D eigenvalue weighted by Gasteiger charge is -2.34. The molecule has 42 heavy (non-hydrogen) atoms. The van der Waals surface area contributed by atoms with Crippen molar-refractivity contribution in [3.05, 3.63) is 70.2 Å². The smallest absolute Gasteiger partial charge is 0.435 e. The van der Waals surface area contributed by atoms with E-state index in [-0.39, 0.29) is 16.5 Å². The van der Waals surface area contributed by atoms with Crippen LogP contribution in [0, 0.1) is 0 Å². The van der Waals surface area contributed by atoms with Gasteiger partial charge >= 0.3 is 18.3 Å². The van der Waals surface area contributed by atoms with Crippen LogP contribution in [0.3, 0.4) is 0 Å². The van der Waals surface area contributed by atoms with Crippen LogP contribution in [0.4, 0.5) is 23.4 Å². The second kappa shape index (κ2) is 12.2. The normalized spacial score (nSPS) is 21.7. The molecule has 0 bridgehead atoms. The number of nitrogens with zero attached hydrogens (tertiary/aromatic N) is 2. The molecule has 3 N–H and O–H groups in total. The van der Waals surface area contributed by atoms with Crippen LogP contribution in [0.25, 0.3) is 0 Å². The lowest BCUT2D eigenvalue weighted by Crippen LogP contribution is -2.57. The molecule has 1 aliphatic heterocycles. The van der Waals surface area contributed by atoms with Gasteiger partial charge in [0.15, 0.2) is 12.3 Å². The molecule has 0 amide bonds. The molecule has 18 heteroatoms. The first kappa shape index (κ1) is 31.8. The van der Waals surface area contributed by atoms with Crippen LogP contribution in [-0.4, -0.2) is 59.5 Å². The molecular weight excluding hydrogens is 633 g/mol. The molecule has 0 saturated carbocycles. The van der Waals surface area contributed by atoms with Gasteiger partial charge in [-0.1, -0.05) is 11.6 Å². The van der Waals surface area contributed by atoms with Crippen LogP contribution in [0.1, 0.15) is 6.23 Å². The first-order chi connectivity index (χ1) is 19.7. The molecule has 2 heterocycles. The van der Waals surface area contributed by atoms with E-state index in [0.29, 0.717) is 16.1 Å². The molecule has 2 aromatic carbocycles. The highest BCUT2D eigenvalue weighted by Crippen LogP contribution is 2.56. The van der Waals surface area contributed by atoms with Crippen LogP contribution in [-0.2, 0) is 21.1 Å². The molecule has 1 aromatic heterocycles. The quantitative estimate of drug-likeness (QED) is 0.224. The van der Waals surface area contributed by atoms with Crippen molar-refractivity contribution in [3.8, 4) is 23.0 Å². The summed E-state index contributed by atoms with van der Waals surface area (Å²) in [5.74, 6) is -4.21. The number of anilines is 1. The number of aromatic nitrogens is 2. The number of alkyl halides is 4. The predicted octanol–water partition coefficient (Wildman–Crippen LogP) is 4.42. The van der Waals surface area contributed by atoms with E-state index in [1.54, 1.807) is 0 Å². The number of halogens is 5. The summed E-state index contributed by atoms with van der Waals surface area (Å²) in [5.41, 5.74) is 0.309. The van der Waals surface area contributed by atoms with Gasteiger partial charge in [0.1, 0.15) is 28.8 Å². The molecule has 3 aromatic rings. The zero-order valence-corrected chi connectivity index (χ0v) is 24.1. The Labute approximate surface area is 245 Å². The Bertz CT molecular complexity index is 1470. The Morgan fingerprint density at radius 1 is 1.07 bits per heavy atom. The average Bonchev–Trinajstić information content (AvgIpc) is 3.16. The maximum Gasteiger partial charge on any atom is 0.435 e. The van der Waals surface area contributed by atoms with Crippen molar-refractivity contribution in [1.82, 2.24) is 9.55 Å². The Morgan fingerprint density at radius 3 is 2.00 bits per heavy atom. The molecule has 1 saturated heterocycles. The molecule has 228 valence electrons. The van der Waals surface area contributed by atoms with Gasteiger partial charge < -0.3 is 34.1 Å². The maximum atomic E-state index is 15.5. The van der Waals surface area contributed by atoms with Crippen molar-refractivity contribution in [2.24, 2.45) is 0 Å². The third kappa shape index (κ3) is 6.14. The predicted molar refractivity (Wildman–Crippen MR) is 145 cm³/mol. The third-order valence-electron chi connectivity index (χ3n) is 6.09. The second-order valence-corrected chi connectivity index (χ2v) is 12.0. The molecule has 0 spiro atoms. The summed E-state index contributed by atoms with van der Waals surface area (Å²) in [4.78, 5) is 15.6. The summed E-state index contributed by atoms with van der Waals surface area (Å²) in [7, 11) is 2.84. The van der Waals surface area contributed by atoms with E-state index in [1.165, 1.54) is 62.8 Å². The van der Waals surface area contributed by atoms with E-state index in [0.717, 1.165) is 6.20 Å². The average molecular weight is 656 g/mol. The van der Waals surface area contributed by atoms with Gasteiger partial charge in [0.05, 0.1) is 25.8 Å². The van der Waals surface area contributed by atoms with Gasteiger partial charge in [-0.25, -0.2) is 13.6 Å². The minimum atomic E-state index is -4.71. The highest BCUT2D eigenvalue weighted by Gasteiger charge is 2.74. The van der Waals surface area contributed by atoms with Crippen molar-refractivity contribution < 1.29 is 50.5 Å². The third-order valence-corrected chi connectivity index (χ3v) is 8.46. The number of nitrogens with two attached hydrogens (primary N) is 1. The van der Waals surface area contributed by atoms with Crippen molar-refractivity contribution >= 4 is 35.9 Å². The molecule has 4 rings (SSSR count). The molecule has 1 aliphatic rings. The van der Waals surface area contributed by atoms with Gasteiger partial charge in [-0.3, -0.25) is 9.09 Å². The topological polar surface area (TPSA) is 137 Å². The Hall–Kier alpha value is -3.14. The van der Waals surface area contributed by atoms with E-state index in [2.05, 4.69) is 4.98 Å². The fraction of sp³-hybridized carbons (Fsp3) is 0.333. The number of methoxy groups -OCH3 is 2. The van der Waals surface area contributed by atoms with Gasteiger partial charge in [-0.05, 0) is 48.5 Å². The lowest BCUT2D eigenvalue weighted by molar-refractivity contribution is -0.242. The minimum absolute atomic E-state index is 0.0323. The number of aliphatic hydroxyl groups excluding tert-OH is 1. The minimum Gasteiger partial charge on any atom is -0.497 e. The number of ether oxygens (including phenoxy) is 3. The van der Waals surface area contributed by atoms with Gasteiger partial charge in [0, 0.05) is 18.0 Å². The SMILES string of the molecule is COc1ccc(OP(=S)(OC[C@@]2(C(F)F)O[C@@H](n3cc(Cl)c(N)nc3=O)[C@H](O)C2(F)F)Oc2ccc(OC)cc2)cc1. The second-order valence-electron chi connectivity index (χ2n) is 8.68. The van der Waals surface area contributed by atoms with Crippen LogP contribution >= 0.6 is 18.3 Å². The van der Waals surface area contributed by atoms with Gasteiger partial charge in [-0.2, -0.15) is 13.8 Å². The first-order valence-corrected chi connectivity index (χ1v) is 14.7. The summed E-state index contributed by atoms with van der Waals surface area (Å²) in [6.45, 7) is -5.87. The number of benzene rings is 2. The summed E-state index contributed by atoms with van der Waals surface area (Å²) in [5, 5.41) is 10.0. The van der Waals surface area contributed by atoms with Gasteiger partial charge in [0.25, 0.3) is 6.43 Å². The van der Waals surface area contributed by atoms with Crippen LogP contribution < -0.4 is 29.9 Å². The maximum absolute atomic E-state index is 15.5. The fourth-order valence-corrected chi connectivity index (χ4v) is 5.88. The van der Waals surface area contributed by atoms with Crippen molar-refractivity contribution in [2.75, 3.05) is 26.6 Å². The van der Waals surface area contributed by atoms with Crippen LogP contribution in [0.2, 0.25) is 5.02 Å². The monoisotopic (exact) mass is 655 g/mol. The van der Waals surface area contributed by atoms with Gasteiger partial charge in [0.2, 0.25) is 5.60 Å². The standard InChI is InChI=1S/C24H23ClF4N3O8PS/c1-35-13-3-7-15(8-4-13)39-41(42,40-16-9-5-14(36-2)6-10-16)37-12-23(21(26)27)24(28,29)18(33)20(38-23)32-11-17(25)19(30)31-22(32)34/h3-11,18,20-21,33H,12H2,1-2H3,(H2,30,31,34)/t18-,20+,23-/m0/s1. The van der Waals surface area contributed by atoms with Crippen molar-refractivity contribution in [3.63, 3.8) is 0 Å². The number of rotatable bonds is 11. The first-order valence-electron chi connectivity index (χ1n) is 11.7. The van der Waals surface area contributed by atoms with Gasteiger partial charge in [-0.15, -0.1) is 0 Å². The zero-order chi connectivity index (χ0) is 30.9. The van der Waals surface area contributed by atoms with E-state index < -0.39 is 55.1 Å². The van der Waals surface area contributed by atoms with E-state index in [9.17, 15) is 18.7 Å². The summed E-state index contributed by atoms with van der Waals surface area (Å²) < 4.78 is 92.3. The number of hydrogen-bond acceptors (Lipinski definition) is 11. The van der Waals surface area contributed by atoms with E-state index in [4.69, 9.17) is 56.9 Å². The zero-order valence-electron chi connectivity index (χ0n) is 21.7. The van der Waals surface area contributed by atoms with E-state index in [1.807, 2.05) is 0 Å². The summed E-state index contributed by atoms with van der Waals surface area (Å²) in [6, 6.07) is 11.5. The molecule has 0 radical (unpaired) electrons. The molecule has 0 unspecified atom stereocenters. The molecular formula is C24H23ClF4N3O8PS. The summed E-state index contributed by atoms with van der Waals surface area (Å²) in [6.07, 6.45) is -8.59. The largest absolute Gasteiger partial charge is 0.497 e. The Kier molecular flexibility index (Phi) is 9.25. The molecule has 11 nitrogen and oxygen atoms in total. The van der Waals surface area contributed by atoms with Crippen molar-refractivity contribution in [1.29, 1.82) is 0 Å². The number of hydrogen-bond donors (Lipinski definition) is 2. The highest BCUT2D eigenvalue weighted by atomic mass is 35.5. The fourth-order valence-electron chi connectivity index (χ4n) is 3.80. The number of aliphatic hydroxyl groups is 1. The Morgan fingerprint density at radius 2 is 1.55 bits per heavy atom. The van der Waals surface area contributed by atoms with E-state index >= 15 is 8.78 Å². The molecule has 3 atom stereocenters. The Balaban J connectivity index is 1.69.